The van der Waals surface area contributed by atoms with Gasteiger partial charge in [-0.2, -0.15) is 0 Å². The lowest BCUT2D eigenvalue weighted by molar-refractivity contribution is 0.622. The van der Waals surface area contributed by atoms with Crippen molar-refractivity contribution >= 4 is 10.9 Å². The van der Waals surface area contributed by atoms with E-state index in [1.165, 1.54) is 12.1 Å². The van der Waals surface area contributed by atoms with Gasteiger partial charge in [-0.3, -0.25) is 4.98 Å². The largest absolute Gasteiger partial charge is 0.320 e. The molecule has 1 heterocycles. The molecule has 2 N–H and O–H groups in total. The Bertz CT molecular complexity index is 742. The summed E-state index contributed by atoms with van der Waals surface area (Å²) in [6.45, 7) is 1.86. The second-order valence-corrected chi connectivity index (χ2v) is 4.96. The summed E-state index contributed by atoms with van der Waals surface area (Å²) in [6, 6.07) is 14.3. The van der Waals surface area contributed by atoms with E-state index in [2.05, 4.69) is 4.98 Å². The predicted molar refractivity (Wildman–Crippen MR) is 78.9 cm³/mol. The molecule has 0 aliphatic heterocycles. The van der Waals surface area contributed by atoms with Crippen LogP contribution in [0.25, 0.3) is 10.9 Å². The Morgan fingerprint density at radius 1 is 1.10 bits per heavy atom. The molecule has 0 bridgehead atoms. The zero-order valence-corrected chi connectivity index (χ0v) is 11.2. The second kappa shape index (κ2) is 5.02. The Kier molecular flexibility index (Phi) is 3.20. The molecule has 0 aliphatic rings. The number of rotatable bonds is 2. The summed E-state index contributed by atoms with van der Waals surface area (Å²) in [7, 11) is 0. The molecule has 0 fully saturated rings. The molecular weight excluding hydrogens is 251 g/mol. The van der Waals surface area contributed by atoms with Crippen LogP contribution in [0.3, 0.4) is 0 Å². The van der Waals surface area contributed by atoms with Crippen molar-refractivity contribution in [2.45, 2.75) is 13.0 Å². The molecule has 0 saturated heterocycles. The number of aryl methyl sites for hydroxylation is 1. The summed E-state index contributed by atoms with van der Waals surface area (Å²) < 4.78 is 13.5. The van der Waals surface area contributed by atoms with E-state index in [9.17, 15) is 4.39 Å². The van der Waals surface area contributed by atoms with E-state index in [0.29, 0.717) is 0 Å². The minimum atomic E-state index is -0.386. The summed E-state index contributed by atoms with van der Waals surface area (Å²) >= 11 is 0. The molecule has 0 radical (unpaired) electrons. The number of nitrogens with zero attached hydrogens (tertiary/aromatic N) is 1. The minimum absolute atomic E-state index is 0.261. The molecule has 0 aliphatic carbocycles. The molecular formula is C17H15FN2. The van der Waals surface area contributed by atoms with E-state index in [4.69, 9.17) is 5.73 Å². The Balaban J connectivity index is 2.15. The Morgan fingerprint density at radius 2 is 1.90 bits per heavy atom. The van der Waals surface area contributed by atoms with Crippen molar-refractivity contribution in [3.8, 4) is 0 Å². The molecule has 20 heavy (non-hydrogen) atoms. The molecule has 3 aromatic rings. The van der Waals surface area contributed by atoms with Gasteiger partial charge in [0.25, 0.3) is 0 Å². The third-order valence-corrected chi connectivity index (χ3v) is 3.42. The lowest BCUT2D eigenvalue weighted by Crippen LogP contribution is -2.13. The summed E-state index contributed by atoms with van der Waals surface area (Å²) in [5, 5.41) is 1.04. The number of aromatic nitrogens is 1. The first kappa shape index (κ1) is 12.8. The maximum absolute atomic E-state index is 13.5. The van der Waals surface area contributed by atoms with Gasteiger partial charge in [0.05, 0.1) is 11.6 Å². The van der Waals surface area contributed by atoms with Gasteiger partial charge in [-0.1, -0.05) is 30.3 Å². The van der Waals surface area contributed by atoms with Crippen LogP contribution in [-0.4, -0.2) is 4.98 Å². The fourth-order valence-electron chi connectivity index (χ4n) is 2.50. The van der Waals surface area contributed by atoms with Crippen molar-refractivity contribution in [3.05, 3.63) is 77.2 Å². The fraction of sp³-hybridized carbons (Fsp3) is 0.118. The summed E-state index contributed by atoms with van der Waals surface area (Å²) in [4.78, 5) is 4.40. The molecule has 2 aromatic carbocycles. The highest BCUT2D eigenvalue weighted by molar-refractivity contribution is 5.82. The van der Waals surface area contributed by atoms with Gasteiger partial charge in [-0.05, 0) is 41.8 Å². The summed E-state index contributed by atoms with van der Waals surface area (Å²) in [5.74, 6) is -0.261. The van der Waals surface area contributed by atoms with Crippen LogP contribution in [0.5, 0.6) is 0 Å². The molecule has 0 amide bonds. The number of nitrogens with two attached hydrogens (primary N) is 1. The maximum atomic E-state index is 13.5. The highest BCUT2D eigenvalue weighted by Gasteiger charge is 2.14. The topological polar surface area (TPSA) is 38.9 Å². The molecule has 1 aromatic heterocycles. The van der Waals surface area contributed by atoms with Crippen LogP contribution < -0.4 is 5.73 Å². The lowest BCUT2D eigenvalue weighted by atomic mass is 9.96. The summed E-state index contributed by atoms with van der Waals surface area (Å²) in [5.41, 5.74) is 9.72. The quantitative estimate of drug-likeness (QED) is 0.767. The minimum Gasteiger partial charge on any atom is -0.320 e. The Morgan fingerprint density at radius 3 is 2.70 bits per heavy atom. The van der Waals surface area contributed by atoms with Crippen molar-refractivity contribution in [2.75, 3.05) is 0 Å². The number of halogens is 1. The van der Waals surface area contributed by atoms with Gasteiger partial charge < -0.3 is 5.73 Å². The number of pyridine rings is 1. The van der Waals surface area contributed by atoms with Crippen LogP contribution in [0.4, 0.5) is 4.39 Å². The molecule has 100 valence electrons. The first-order valence-corrected chi connectivity index (χ1v) is 6.51. The Hall–Kier alpha value is -2.26. The highest BCUT2D eigenvalue weighted by atomic mass is 19.1. The fourth-order valence-corrected chi connectivity index (χ4v) is 2.50. The van der Waals surface area contributed by atoms with Gasteiger partial charge in [0.1, 0.15) is 5.82 Å². The van der Waals surface area contributed by atoms with E-state index >= 15 is 0 Å². The average molecular weight is 266 g/mol. The van der Waals surface area contributed by atoms with Crippen LogP contribution in [0.2, 0.25) is 0 Å². The van der Waals surface area contributed by atoms with Crippen molar-refractivity contribution in [2.24, 2.45) is 5.73 Å². The second-order valence-electron chi connectivity index (χ2n) is 4.96. The molecule has 1 atom stereocenters. The molecule has 0 spiro atoms. The molecule has 3 heteroatoms. The van der Waals surface area contributed by atoms with Crippen LogP contribution >= 0.6 is 0 Å². The van der Waals surface area contributed by atoms with Crippen LogP contribution in [0.1, 0.15) is 22.7 Å². The molecule has 2 nitrogen and oxygen atoms in total. The van der Waals surface area contributed by atoms with Gasteiger partial charge in [-0.25, -0.2) is 4.39 Å². The third kappa shape index (κ3) is 2.28. The predicted octanol–water partition coefficient (Wildman–Crippen LogP) is 3.73. The highest BCUT2D eigenvalue weighted by Crippen LogP contribution is 2.26. The van der Waals surface area contributed by atoms with Gasteiger partial charge in [0.15, 0.2) is 0 Å². The molecule has 3 rings (SSSR count). The van der Waals surface area contributed by atoms with E-state index in [1.807, 2.05) is 43.3 Å². The third-order valence-electron chi connectivity index (χ3n) is 3.42. The zero-order valence-electron chi connectivity index (χ0n) is 11.2. The van der Waals surface area contributed by atoms with Gasteiger partial charge in [0, 0.05) is 11.6 Å². The van der Waals surface area contributed by atoms with Crippen molar-refractivity contribution in [1.82, 2.24) is 4.98 Å². The monoisotopic (exact) mass is 266 g/mol. The summed E-state index contributed by atoms with van der Waals surface area (Å²) in [6.07, 6.45) is 1.75. The van der Waals surface area contributed by atoms with Crippen molar-refractivity contribution < 1.29 is 4.39 Å². The van der Waals surface area contributed by atoms with E-state index in [-0.39, 0.29) is 11.9 Å². The molecule has 0 saturated carbocycles. The van der Waals surface area contributed by atoms with E-state index in [1.54, 1.807) is 6.20 Å². The number of benzene rings is 2. The average Bonchev–Trinajstić information content (AvgIpc) is 2.45. The Labute approximate surface area is 117 Å². The van der Waals surface area contributed by atoms with Crippen LogP contribution in [-0.2, 0) is 0 Å². The van der Waals surface area contributed by atoms with Crippen LogP contribution in [0.15, 0.2) is 54.7 Å². The number of hydrogen-bond acceptors (Lipinski definition) is 2. The van der Waals surface area contributed by atoms with Gasteiger partial charge >= 0.3 is 0 Å². The normalized spacial score (nSPS) is 12.6. The van der Waals surface area contributed by atoms with Gasteiger partial charge in [-0.15, -0.1) is 0 Å². The number of fused-ring (bicyclic) bond motifs is 1. The number of hydrogen-bond donors (Lipinski definition) is 1. The first-order valence-electron chi connectivity index (χ1n) is 6.51. The lowest BCUT2D eigenvalue weighted by Gasteiger charge is -2.15. The molecule has 1 unspecified atom stereocenters. The zero-order chi connectivity index (χ0) is 14.1. The number of para-hydroxylation sites is 1. The van der Waals surface area contributed by atoms with Crippen molar-refractivity contribution in [1.29, 1.82) is 0 Å². The maximum Gasteiger partial charge on any atom is 0.123 e. The van der Waals surface area contributed by atoms with E-state index in [0.717, 1.165) is 27.6 Å². The standard InChI is InChI=1S/C17H15FN2/c1-11-8-13(10-14(18)9-11)16(19)15-6-2-4-12-5-3-7-20-17(12)15/h2-10,16H,19H2,1H3. The van der Waals surface area contributed by atoms with Crippen LogP contribution in [0, 0.1) is 12.7 Å². The van der Waals surface area contributed by atoms with Gasteiger partial charge in [0.2, 0.25) is 0 Å². The smallest absolute Gasteiger partial charge is 0.123 e. The SMILES string of the molecule is Cc1cc(F)cc(C(N)c2cccc3cccnc23)c1. The van der Waals surface area contributed by atoms with Crippen molar-refractivity contribution in [3.63, 3.8) is 0 Å². The van der Waals surface area contributed by atoms with E-state index < -0.39 is 0 Å². The first-order chi connectivity index (χ1) is 9.65.